The largest absolute Gasteiger partial charge is 0.370 e. The zero-order valence-electron chi connectivity index (χ0n) is 9.54. The molecule has 0 aromatic carbocycles. The van der Waals surface area contributed by atoms with Crippen LogP contribution < -0.4 is 5.32 Å². The normalized spacial score (nSPS) is 22.3. The van der Waals surface area contributed by atoms with Crippen molar-refractivity contribution in [3.63, 3.8) is 0 Å². The van der Waals surface area contributed by atoms with E-state index >= 15 is 0 Å². The van der Waals surface area contributed by atoms with Crippen LogP contribution in [0.5, 0.6) is 0 Å². The van der Waals surface area contributed by atoms with Gasteiger partial charge in [-0.15, -0.1) is 11.3 Å². The molecule has 0 radical (unpaired) electrons. The first kappa shape index (κ1) is 11.0. The molecule has 0 aliphatic carbocycles. The third-order valence-electron chi connectivity index (χ3n) is 2.56. The highest BCUT2D eigenvalue weighted by Gasteiger charge is 2.21. The molecular weight excluding hydrogens is 208 g/mol. The molecule has 0 spiro atoms. The second kappa shape index (κ2) is 4.60. The molecule has 1 saturated heterocycles. The van der Waals surface area contributed by atoms with Crippen molar-refractivity contribution < 1.29 is 4.74 Å². The van der Waals surface area contributed by atoms with Crippen LogP contribution in [-0.2, 0) is 4.74 Å². The summed E-state index contributed by atoms with van der Waals surface area (Å²) in [6.07, 6.45) is 0.212. The second-order valence-corrected chi connectivity index (χ2v) is 5.28. The van der Waals surface area contributed by atoms with Crippen LogP contribution in [0, 0.1) is 6.92 Å². The van der Waals surface area contributed by atoms with Crippen LogP contribution in [0.4, 0.5) is 0 Å². The average Bonchev–Trinajstić information content (AvgIpc) is 2.62. The van der Waals surface area contributed by atoms with E-state index in [2.05, 4.69) is 31.1 Å². The van der Waals surface area contributed by atoms with Crippen LogP contribution in [0.15, 0.2) is 0 Å². The van der Waals surface area contributed by atoms with Crippen LogP contribution in [0.25, 0.3) is 0 Å². The van der Waals surface area contributed by atoms with Gasteiger partial charge < -0.3 is 10.1 Å². The number of thiazole rings is 1. The molecule has 3 nitrogen and oxygen atoms in total. The summed E-state index contributed by atoms with van der Waals surface area (Å²) in [5, 5.41) is 4.57. The Morgan fingerprint density at radius 3 is 2.87 bits per heavy atom. The van der Waals surface area contributed by atoms with Crippen molar-refractivity contribution in [3.05, 3.63) is 15.6 Å². The minimum absolute atomic E-state index is 0.212. The summed E-state index contributed by atoms with van der Waals surface area (Å²) in [5.74, 6) is 0.513. The molecule has 1 aromatic rings. The Morgan fingerprint density at radius 2 is 2.33 bits per heavy atom. The van der Waals surface area contributed by atoms with E-state index in [-0.39, 0.29) is 6.10 Å². The molecule has 1 fully saturated rings. The third kappa shape index (κ3) is 2.38. The van der Waals surface area contributed by atoms with Crippen molar-refractivity contribution in [2.75, 3.05) is 19.7 Å². The van der Waals surface area contributed by atoms with Crippen molar-refractivity contribution in [1.82, 2.24) is 10.3 Å². The van der Waals surface area contributed by atoms with Gasteiger partial charge in [0.05, 0.1) is 22.2 Å². The van der Waals surface area contributed by atoms with Gasteiger partial charge >= 0.3 is 0 Å². The van der Waals surface area contributed by atoms with Gasteiger partial charge in [-0.2, -0.15) is 0 Å². The van der Waals surface area contributed by atoms with Gasteiger partial charge in [-0.1, -0.05) is 13.8 Å². The van der Waals surface area contributed by atoms with E-state index in [0.717, 1.165) is 25.4 Å². The lowest BCUT2D eigenvalue weighted by Gasteiger charge is -2.22. The Morgan fingerprint density at radius 1 is 1.53 bits per heavy atom. The summed E-state index contributed by atoms with van der Waals surface area (Å²) in [6, 6.07) is 0. The molecule has 2 heterocycles. The molecule has 0 amide bonds. The molecule has 1 atom stereocenters. The fourth-order valence-electron chi connectivity index (χ4n) is 1.71. The molecule has 1 unspecified atom stereocenters. The van der Waals surface area contributed by atoms with Gasteiger partial charge in [0.25, 0.3) is 0 Å². The summed E-state index contributed by atoms with van der Waals surface area (Å²) in [7, 11) is 0. The highest BCUT2D eigenvalue weighted by molar-refractivity contribution is 7.11. The van der Waals surface area contributed by atoms with Crippen molar-refractivity contribution in [2.45, 2.75) is 32.8 Å². The predicted molar refractivity (Wildman–Crippen MR) is 62.5 cm³/mol. The zero-order chi connectivity index (χ0) is 10.8. The van der Waals surface area contributed by atoms with E-state index in [9.17, 15) is 0 Å². The first-order chi connectivity index (χ1) is 7.18. The number of aromatic nitrogens is 1. The van der Waals surface area contributed by atoms with E-state index in [1.54, 1.807) is 11.3 Å². The summed E-state index contributed by atoms with van der Waals surface area (Å²) in [4.78, 5) is 5.89. The molecule has 1 N–H and O–H groups in total. The van der Waals surface area contributed by atoms with E-state index < -0.39 is 0 Å². The number of ether oxygens (including phenoxy) is 1. The maximum Gasteiger partial charge on any atom is 0.106 e. The second-order valence-electron chi connectivity index (χ2n) is 4.22. The first-order valence-corrected chi connectivity index (χ1v) is 6.29. The molecule has 84 valence electrons. The molecule has 1 aliphatic rings. The average molecular weight is 226 g/mol. The summed E-state index contributed by atoms with van der Waals surface area (Å²) >= 11 is 1.80. The van der Waals surface area contributed by atoms with Crippen molar-refractivity contribution >= 4 is 11.3 Å². The van der Waals surface area contributed by atoms with E-state index in [1.165, 1.54) is 9.88 Å². The highest BCUT2D eigenvalue weighted by Crippen LogP contribution is 2.31. The number of morpholine rings is 1. The zero-order valence-corrected chi connectivity index (χ0v) is 10.4. The van der Waals surface area contributed by atoms with Crippen LogP contribution in [0.2, 0.25) is 0 Å². The SMILES string of the molecule is Cc1nc(C(C)C)sc1C1CNCCO1. The number of nitrogens with zero attached hydrogens (tertiary/aromatic N) is 1. The smallest absolute Gasteiger partial charge is 0.106 e. The minimum atomic E-state index is 0.212. The summed E-state index contributed by atoms with van der Waals surface area (Å²) in [5.41, 5.74) is 1.14. The Labute approximate surface area is 94.9 Å². The monoisotopic (exact) mass is 226 g/mol. The maximum absolute atomic E-state index is 5.75. The Balaban J connectivity index is 2.19. The topological polar surface area (TPSA) is 34.2 Å². The molecule has 0 bridgehead atoms. The fraction of sp³-hybridized carbons (Fsp3) is 0.727. The number of nitrogens with one attached hydrogen (secondary N) is 1. The molecular formula is C11H18N2OS. The lowest BCUT2D eigenvalue weighted by atomic mass is 10.2. The minimum Gasteiger partial charge on any atom is -0.370 e. The lowest BCUT2D eigenvalue weighted by molar-refractivity contribution is 0.0295. The van der Waals surface area contributed by atoms with Crippen LogP contribution in [-0.4, -0.2) is 24.7 Å². The number of aryl methyl sites for hydroxylation is 1. The van der Waals surface area contributed by atoms with E-state index in [1.807, 2.05) is 0 Å². The first-order valence-electron chi connectivity index (χ1n) is 5.48. The summed E-state index contributed by atoms with van der Waals surface area (Å²) in [6.45, 7) is 9.13. The van der Waals surface area contributed by atoms with Crippen LogP contribution in [0.1, 0.15) is 41.4 Å². The Kier molecular flexibility index (Phi) is 3.38. The van der Waals surface area contributed by atoms with Crippen LogP contribution in [0.3, 0.4) is 0 Å². The predicted octanol–water partition coefficient (Wildman–Crippen LogP) is 2.24. The number of rotatable bonds is 2. The molecule has 1 aliphatic heterocycles. The fourth-order valence-corrected chi connectivity index (χ4v) is 2.83. The Bertz CT molecular complexity index is 329. The Hall–Kier alpha value is -0.450. The van der Waals surface area contributed by atoms with Gasteiger partial charge in [0, 0.05) is 19.0 Å². The van der Waals surface area contributed by atoms with Gasteiger partial charge in [0.1, 0.15) is 6.10 Å². The van der Waals surface area contributed by atoms with Crippen molar-refractivity contribution in [2.24, 2.45) is 0 Å². The van der Waals surface area contributed by atoms with Crippen molar-refractivity contribution in [3.8, 4) is 0 Å². The van der Waals surface area contributed by atoms with E-state index in [0.29, 0.717) is 5.92 Å². The third-order valence-corrected chi connectivity index (χ3v) is 4.11. The number of hydrogen-bond acceptors (Lipinski definition) is 4. The van der Waals surface area contributed by atoms with Gasteiger partial charge in [0.2, 0.25) is 0 Å². The molecule has 0 saturated carbocycles. The maximum atomic E-state index is 5.75. The van der Waals surface area contributed by atoms with Gasteiger partial charge in [-0.05, 0) is 6.92 Å². The lowest BCUT2D eigenvalue weighted by Crippen LogP contribution is -2.33. The standard InChI is InChI=1S/C11H18N2OS/c1-7(2)11-13-8(3)10(15-11)9-6-12-4-5-14-9/h7,9,12H,4-6H2,1-3H3. The van der Waals surface area contributed by atoms with Crippen molar-refractivity contribution in [1.29, 1.82) is 0 Å². The van der Waals surface area contributed by atoms with Crippen LogP contribution >= 0.6 is 11.3 Å². The molecule has 1 aromatic heterocycles. The molecule has 2 rings (SSSR count). The van der Waals surface area contributed by atoms with Gasteiger partial charge in [0.15, 0.2) is 0 Å². The molecule has 4 heteroatoms. The van der Waals surface area contributed by atoms with Gasteiger partial charge in [-0.25, -0.2) is 4.98 Å². The van der Waals surface area contributed by atoms with E-state index in [4.69, 9.17) is 4.74 Å². The highest BCUT2D eigenvalue weighted by atomic mass is 32.1. The number of hydrogen-bond donors (Lipinski definition) is 1. The summed E-state index contributed by atoms with van der Waals surface area (Å²) < 4.78 is 5.75. The van der Waals surface area contributed by atoms with Gasteiger partial charge in [-0.3, -0.25) is 0 Å². The molecule has 15 heavy (non-hydrogen) atoms. The quantitative estimate of drug-likeness (QED) is 0.839.